The third kappa shape index (κ3) is 2.72. The molecule has 1 aromatic carbocycles. The molecule has 21 heavy (non-hydrogen) atoms. The summed E-state index contributed by atoms with van der Waals surface area (Å²) in [6.07, 6.45) is 3.91. The zero-order chi connectivity index (χ0) is 14.8. The van der Waals surface area contributed by atoms with Gasteiger partial charge < -0.3 is 5.32 Å². The molecule has 0 saturated heterocycles. The Morgan fingerprint density at radius 2 is 1.90 bits per heavy atom. The van der Waals surface area contributed by atoms with Crippen LogP contribution in [-0.2, 0) is 0 Å². The van der Waals surface area contributed by atoms with Crippen molar-refractivity contribution in [3.63, 3.8) is 0 Å². The first-order valence-electron chi connectivity index (χ1n) is 5.91. The Labute approximate surface area is 123 Å². The number of benzene rings is 1. The second-order valence-corrected chi connectivity index (χ2v) is 4.61. The number of nitro groups is 1. The Balaban J connectivity index is 1.97. The van der Waals surface area contributed by atoms with Gasteiger partial charge in [-0.1, -0.05) is 17.7 Å². The molecule has 0 aliphatic rings. The van der Waals surface area contributed by atoms with Crippen molar-refractivity contribution in [3.05, 3.63) is 58.0 Å². The van der Waals surface area contributed by atoms with Crippen LogP contribution in [0.15, 0.2) is 42.9 Å². The van der Waals surface area contributed by atoms with Crippen LogP contribution >= 0.6 is 11.6 Å². The Hall–Kier alpha value is -2.80. The number of nitrogens with zero attached hydrogens (tertiary/aromatic N) is 4. The highest BCUT2D eigenvalue weighted by atomic mass is 35.5. The van der Waals surface area contributed by atoms with Crippen molar-refractivity contribution in [3.8, 4) is 0 Å². The van der Waals surface area contributed by atoms with Crippen LogP contribution in [0, 0.1) is 10.1 Å². The van der Waals surface area contributed by atoms with E-state index in [2.05, 4.69) is 20.3 Å². The minimum atomic E-state index is -0.556. The van der Waals surface area contributed by atoms with Crippen molar-refractivity contribution in [2.45, 2.75) is 0 Å². The highest BCUT2D eigenvalue weighted by Crippen LogP contribution is 2.26. The van der Waals surface area contributed by atoms with E-state index in [0.29, 0.717) is 10.8 Å². The number of anilines is 2. The van der Waals surface area contributed by atoms with Crippen molar-refractivity contribution in [2.24, 2.45) is 0 Å². The maximum atomic E-state index is 10.6. The molecule has 0 bridgehead atoms. The van der Waals surface area contributed by atoms with Gasteiger partial charge in [0.1, 0.15) is 18.2 Å². The van der Waals surface area contributed by atoms with Gasteiger partial charge in [-0.05, 0) is 23.6 Å². The van der Waals surface area contributed by atoms with E-state index in [1.54, 1.807) is 18.3 Å². The number of hydrogen-bond acceptors (Lipinski definition) is 6. The van der Waals surface area contributed by atoms with E-state index < -0.39 is 4.92 Å². The predicted octanol–water partition coefficient (Wildman–Crippen LogP) is 3.33. The van der Waals surface area contributed by atoms with Gasteiger partial charge in [-0.25, -0.2) is 15.0 Å². The van der Waals surface area contributed by atoms with Crippen LogP contribution < -0.4 is 5.32 Å². The number of hydrogen-bond donors (Lipinski definition) is 1. The summed E-state index contributed by atoms with van der Waals surface area (Å²) in [5.41, 5.74) is -0.172. The van der Waals surface area contributed by atoms with Crippen LogP contribution in [0.3, 0.4) is 0 Å². The van der Waals surface area contributed by atoms with Crippen molar-refractivity contribution in [1.82, 2.24) is 15.0 Å². The van der Waals surface area contributed by atoms with Crippen molar-refractivity contribution in [2.75, 3.05) is 5.32 Å². The molecule has 0 unspecified atom stereocenters. The number of nitrogens with one attached hydrogen (secondary N) is 1. The third-order valence-electron chi connectivity index (χ3n) is 2.81. The van der Waals surface area contributed by atoms with Gasteiger partial charge in [0.2, 0.25) is 5.95 Å². The predicted molar refractivity (Wildman–Crippen MR) is 78.7 cm³/mol. The molecule has 0 amide bonds. The molecule has 0 aliphatic carbocycles. The summed E-state index contributed by atoms with van der Waals surface area (Å²) in [5, 5.41) is 15.8. The van der Waals surface area contributed by atoms with Crippen LogP contribution in [-0.4, -0.2) is 19.9 Å². The molecular weight excluding hydrogens is 294 g/mol. The Bertz CT molecular complexity index is 822. The lowest BCUT2D eigenvalue weighted by Crippen LogP contribution is -2.00. The molecule has 3 rings (SSSR count). The fourth-order valence-corrected chi connectivity index (χ4v) is 2.00. The van der Waals surface area contributed by atoms with Gasteiger partial charge in [0.25, 0.3) is 0 Å². The lowest BCUT2D eigenvalue weighted by atomic mass is 10.1. The molecule has 104 valence electrons. The molecular formula is C13H8ClN5O2. The van der Waals surface area contributed by atoms with Crippen LogP contribution in [0.25, 0.3) is 10.8 Å². The van der Waals surface area contributed by atoms with Crippen LogP contribution in [0.1, 0.15) is 0 Å². The average molecular weight is 302 g/mol. The summed E-state index contributed by atoms with van der Waals surface area (Å²) in [5.74, 6) is 0.754. The maximum Gasteiger partial charge on any atom is 0.305 e. The SMILES string of the molecule is O=[N+]([O-])c1cnc(Nc2nccc3ccc(Cl)cc23)nc1. The van der Waals surface area contributed by atoms with Crippen molar-refractivity contribution < 1.29 is 4.92 Å². The molecule has 3 aromatic rings. The van der Waals surface area contributed by atoms with Gasteiger partial charge in [0, 0.05) is 16.6 Å². The Morgan fingerprint density at radius 1 is 1.14 bits per heavy atom. The second-order valence-electron chi connectivity index (χ2n) is 4.17. The number of rotatable bonds is 3. The second kappa shape index (κ2) is 5.29. The molecule has 8 heteroatoms. The van der Waals surface area contributed by atoms with Gasteiger partial charge >= 0.3 is 5.69 Å². The Morgan fingerprint density at radius 3 is 2.62 bits per heavy atom. The summed E-state index contributed by atoms with van der Waals surface area (Å²) < 4.78 is 0. The number of aromatic nitrogens is 3. The van der Waals surface area contributed by atoms with Crippen LogP contribution in [0.4, 0.5) is 17.5 Å². The van der Waals surface area contributed by atoms with Crippen LogP contribution in [0.5, 0.6) is 0 Å². The van der Waals surface area contributed by atoms with Crippen molar-refractivity contribution >= 4 is 39.8 Å². The molecule has 1 N–H and O–H groups in total. The topological polar surface area (TPSA) is 93.8 Å². The zero-order valence-corrected chi connectivity index (χ0v) is 11.3. The number of fused-ring (bicyclic) bond motifs is 1. The first-order chi connectivity index (χ1) is 10.1. The molecule has 0 spiro atoms. The smallest absolute Gasteiger partial charge is 0.305 e. The largest absolute Gasteiger partial charge is 0.308 e. The fraction of sp³-hybridized carbons (Fsp3) is 0. The van der Waals surface area contributed by atoms with E-state index in [0.717, 1.165) is 23.2 Å². The summed E-state index contributed by atoms with van der Waals surface area (Å²) in [4.78, 5) is 22.0. The quantitative estimate of drug-likeness (QED) is 0.589. The van der Waals surface area contributed by atoms with E-state index in [1.165, 1.54) is 0 Å². The van der Waals surface area contributed by atoms with Gasteiger partial charge in [-0.15, -0.1) is 0 Å². The maximum absolute atomic E-state index is 10.6. The van der Waals surface area contributed by atoms with Gasteiger partial charge in [-0.2, -0.15) is 0 Å². The van der Waals surface area contributed by atoms with E-state index in [1.807, 2.05) is 12.1 Å². The Kier molecular flexibility index (Phi) is 3.33. The van der Waals surface area contributed by atoms with Gasteiger partial charge in [-0.3, -0.25) is 10.1 Å². The van der Waals surface area contributed by atoms with Crippen LogP contribution in [0.2, 0.25) is 5.02 Å². The van der Waals surface area contributed by atoms with E-state index in [4.69, 9.17) is 11.6 Å². The highest BCUT2D eigenvalue weighted by molar-refractivity contribution is 6.31. The van der Waals surface area contributed by atoms with Gasteiger partial charge in [0.05, 0.1) is 4.92 Å². The molecule has 2 heterocycles. The van der Waals surface area contributed by atoms with E-state index in [-0.39, 0.29) is 11.6 Å². The molecule has 0 fully saturated rings. The minimum absolute atomic E-state index is 0.172. The van der Waals surface area contributed by atoms with Gasteiger partial charge in [0.15, 0.2) is 0 Å². The average Bonchev–Trinajstić information content (AvgIpc) is 2.48. The van der Waals surface area contributed by atoms with E-state index in [9.17, 15) is 10.1 Å². The monoisotopic (exact) mass is 301 g/mol. The molecule has 7 nitrogen and oxygen atoms in total. The van der Waals surface area contributed by atoms with E-state index >= 15 is 0 Å². The summed E-state index contributed by atoms with van der Waals surface area (Å²) >= 11 is 5.99. The summed E-state index contributed by atoms with van der Waals surface area (Å²) in [6.45, 7) is 0. The molecule has 2 aromatic heterocycles. The number of halogens is 1. The zero-order valence-electron chi connectivity index (χ0n) is 10.5. The normalized spacial score (nSPS) is 10.5. The summed E-state index contributed by atoms with van der Waals surface area (Å²) in [7, 11) is 0. The third-order valence-corrected chi connectivity index (χ3v) is 3.04. The summed E-state index contributed by atoms with van der Waals surface area (Å²) in [6, 6.07) is 7.29. The minimum Gasteiger partial charge on any atom is -0.308 e. The molecule has 0 radical (unpaired) electrons. The lowest BCUT2D eigenvalue weighted by molar-refractivity contribution is -0.385. The molecule has 0 aliphatic heterocycles. The van der Waals surface area contributed by atoms with Crippen molar-refractivity contribution in [1.29, 1.82) is 0 Å². The lowest BCUT2D eigenvalue weighted by Gasteiger charge is -2.07. The first-order valence-corrected chi connectivity index (χ1v) is 6.29. The number of pyridine rings is 1. The first kappa shape index (κ1) is 13.2. The fourth-order valence-electron chi connectivity index (χ4n) is 1.83. The highest BCUT2D eigenvalue weighted by Gasteiger charge is 2.09. The standard InChI is InChI=1S/C13H8ClN5O2/c14-9-2-1-8-3-4-15-12(11(8)5-9)18-13-16-6-10(7-17-13)19(20)21/h1-7H,(H,15,16,17,18). The molecule has 0 atom stereocenters. The molecule has 0 saturated carbocycles.